The number of hydrogen-bond donors (Lipinski definition) is 4. The molecule has 4 N–H and O–H groups in total. The van der Waals surface area contributed by atoms with Gasteiger partial charge in [-0.05, 0) is 38.2 Å². The van der Waals surface area contributed by atoms with Gasteiger partial charge in [0.05, 0.1) is 12.4 Å². The van der Waals surface area contributed by atoms with Gasteiger partial charge in [0.1, 0.15) is 0 Å². The summed E-state index contributed by atoms with van der Waals surface area (Å²) in [7, 11) is 0. The maximum atomic E-state index is 11.4. The average molecular weight is 686 g/mol. The number of carboxylic acids is 2. The first-order chi connectivity index (χ1) is 18.2. The summed E-state index contributed by atoms with van der Waals surface area (Å²) in [5.74, 6) is -2.39. The van der Waals surface area contributed by atoms with E-state index in [1.54, 1.807) is 0 Å². The number of carbonyl (C=O) groups is 3. The van der Waals surface area contributed by atoms with E-state index >= 15 is 0 Å². The number of allylic oxidation sites excluding steroid dienone is 2. The number of carboxylic acid groups (broad SMARTS) is 2. The van der Waals surface area contributed by atoms with E-state index in [0.29, 0.717) is 19.5 Å². The monoisotopic (exact) mass is 684 g/mol. The maximum Gasteiger partial charge on any atom is 0.343 e. The molecule has 0 bridgehead atoms. The predicted molar refractivity (Wildman–Crippen MR) is 136 cm³/mol. The fourth-order valence-electron chi connectivity index (χ4n) is 3.79. The molecule has 0 saturated carbocycles. The molecule has 3 rings (SSSR count). The molecule has 0 spiro atoms. The second kappa shape index (κ2) is 18.8. The summed E-state index contributed by atoms with van der Waals surface area (Å²) in [6.45, 7) is 1.90. The minimum atomic E-state index is -1.71. The Bertz CT molecular complexity index is 1120. The van der Waals surface area contributed by atoms with Gasteiger partial charge in [0.25, 0.3) is 0 Å². The summed E-state index contributed by atoms with van der Waals surface area (Å²) in [4.78, 5) is 33.2. The highest BCUT2D eigenvalue weighted by molar-refractivity contribution is 5.98. The zero-order valence-corrected chi connectivity index (χ0v) is 25.2. The van der Waals surface area contributed by atoms with Gasteiger partial charge in [-0.2, -0.15) is 0 Å². The molecule has 218 valence electrons. The van der Waals surface area contributed by atoms with E-state index < -0.39 is 17.4 Å². The van der Waals surface area contributed by atoms with E-state index in [9.17, 15) is 14.4 Å². The lowest BCUT2D eigenvalue weighted by atomic mass is 9.84. The van der Waals surface area contributed by atoms with Gasteiger partial charge < -0.3 is 54.6 Å². The minimum Gasteiger partial charge on any atom is -1.00 e. The second-order valence-corrected chi connectivity index (χ2v) is 9.12. The number of carbonyl (C=O) groups excluding carboxylic acids is 1. The SMILES string of the molecule is CC(CCCCCC1=CCCC1=O)(C(=O)O)C(=O)O.O/N=C\c1cc[n+](C[n+]2ccc(/C=N\O)cc2)cc1.[Br-].[Br-]. The van der Waals surface area contributed by atoms with E-state index in [4.69, 9.17) is 20.6 Å². The molecule has 0 saturated heterocycles. The summed E-state index contributed by atoms with van der Waals surface area (Å²) in [6.07, 6.45) is 16.6. The molecule has 2 heterocycles. The molecular weight excluding hydrogens is 652 g/mol. The lowest BCUT2D eigenvalue weighted by molar-refractivity contribution is -0.913. The van der Waals surface area contributed by atoms with Crippen LogP contribution >= 0.6 is 0 Å². The molecule has 0 atom stereocenters. The molecule has 2 aromatic rings. The Balaban J connectivity index is 0.000000724. The number of oxime groups is 2. The Morgan fingerprint density at radius 3 is 1.73 bits per heavy atom. The molecule has 0 amide bonds. The third-order valence-corrected chi connectivity index (χ3v) is 6.26. The third kappa shape index (κ3) is 11.7. The summed E-state index contributed by atoms with van der Waals surface area (Å²) >= 11 is 0. The van der Waals surface area contributed by atoms with E-state index in [1.807, 2.05) is 64.3 Å². The van der Waals surface area contributed by atoms with Crippen molar-refractivity contribution in [2.75, 3.05) is 0 Å². The minimum absolute atomic E-state index is 0. The molecule has 13 heteroatoms. The maximum absolute atomic E-state index is 11.4. The van der Waals surface area contributed by atoms with Crippen LogP contribution in [-0.2, 0) is 21.1 Å². The third-order valence-electron chi connectivity index (χ3n) is 6.26. The Labute approximate surface area is 253 Å². The van der Waals surface area contributed by atoms with Crippen LogP contribution in [0.15, 0.2) is 71.0 Å². The average Bonchev–Trinajstić information content (AvgIpc) is 3.31. The van der Waals surface area contributed by atoms with Gasteiger partial charge in [-0.1, -0.05) is 29.2 Å². The Kier molecular flexibility index (Phi) is 17.1. The van der Waals surface area contributed by atoms with Crippen LogP contribution in [0, 0.1) is 5.41 Å². The quantitative estimate of drug-likeness (QED) is 0.0456. The van der Waals surface area contributed by atoms with Gasteiger partial charge in [0, 0.05) is 41.8 Å². The molecule has 1 aliphatic carbocycles. The summed E-state index contributed by atoms with van der Waals surface area (Å²) in [6, 6.07) is 7.42. The van der Waals surface area contributed by atoms with Gasteiger partial charge in [-0.3, -0.25) is 14.4 Å². The van der Waals surface area contributed by atoms with Crippen molar-refractivity contribution in [3.05, 3.63) is 71.8 Å². The van der Waals surface area contributed by atoms with Crippen LogP contribution in [0.5, 0.6) is 0 Å². The van der Waals surface area contributed by atoms with Crippen molar-refractivity contribution in [2.24, 2.45) is 15.7 Å². The van der Waals surface area contributed by atoms with Crippen LogP contribution in [0.4, 0.5) is 0 Å². The van der Waals surface area contributed by atoms with Crippen LogP contribution in [0.25, 0.3) is 0 Å². The topological polar surface area (TPSA) is 165 Å². The standard InChI is InChI=1S/C14H20O5.C13H12N4O2.2BrH/c1-14(12(16)17,13(18)19)9-4-2-3-6-10-7-5-8-11(10)15;18-14-9-12-1-5-16(6-2-12)11-17-7-3-13(4-8-17)10-15-19;;/h7H,2-6,8-9H2,1H3,(H,16,17)(H,18,19);1-10H,11H2;2*1H. The molecule has 1 aliphatic rings. The van der Waals surface area contributed by atoms with Crippen molar-refractivity contribution in [1.29, 1.82) is 0 Å². The number of nitrogens with zero attached hydrogens (tertiary/aromatic N) is 4. The molecular formula is C27H34Br2N4O7. The summed E-state index contributed by atoms with van der Waals surface area (Å²) in [5.41, 5.74) is 0.832. The predicted octanol–water partition coefficient (Wildman–Crippen LogP) is -3.21. The van der Waals surface area contributed by atoms with Crippen molar-refractivity contribution in [1.82, 2.24) is 0 Å². The number of aromatic nitrogens is 2. The number of pyridine rings is 2. The summed E-state index contributed by atoms with van der Waals surface area (Å²) in [5, 5.41) is 40.7. The van der Waals surface area contributed by atoms with Gasteiger partial charge >= 0.3 is 18.6 Å². The number of aliphatic carboxylic acids is 2. The lowest BCUT2D eigenvalue weighted by Crippen LogP contribution is -3.00. The van der Waals surface area contributed by atoms with E-state index in [-0.39, 0.29) is 46.2 Å². The van der Waals surface area contributed by atoms with Gasteiger partial charge in [0.15, 0.2) is 36.0 Å². The van der Waals surface area contributed by atoms with Gasteiger partial charge in [-0.25, -0.2) is 0 Å². The van der Waals surface area contributed by atoms with Gasteiger partial charge in [0.2, 0.25) is 0 Å². The molecule has 0 aromatic carbocycles. The zero-order valence-electron chi connectivity index (χ0n) is 22.1. The van der Waals surface area contributed by atoms with Crippen LogP contribution in [0.3, 0.4) is 0 Å². The lowest BCUT2D eigenvalue weighted by Gasteiger charge is -2.19. The molecule has 40 heavy (non-hydrogen) atoms. The highest BCUT2D eigenvalue weighted by Gasteiger charge is 2.40. The number of ketones is 1. The molecule has 0 unspecified atom stereocenters. The van der Waals surface area contributed by atoms with Crippen LogP contribution in [0.1, 0.15) is 63.0 Å². The van der Waals surface area contributed by atoms with Gasteiger partial charge in [-0.15, -0.1) is 9.13 Å². The van der Waals surface area contributed by atoms with E-state index in [0.717, 1.165) is 42.4 Å². The van der Waals surface area contributed by atoms with Crippen molar-refractivity contribution >= 4 is 30.2 Å². The fourth-order valence-corrected chi connectivity index (χ4v) is 3.79. The van der Waals surface area contributed by atoms with Crippen LogP contribution < -0.4 is 43.1 Å². The van der Waals surface area contributed by atoms with E-state index in [1.165, 1.54) is 19.4 Å². The zero-order chi connectivity index (χ0) is 28.0. The number of unbranched alkanes of at least 4 members (excludes halogenated alkanes) is 2. The first-order valence-corrected chi connectivity index (χ1v) is 12.2. The Hall–Kier alpha value is -3.45. The normalized spacial score (nSPS) is 12.7. The largest absolute Gasteiger partial charge is 1.00 e. The Morgan fingerprint density at radius 1 is 0.875 bits per heavy atom. The fraction of sp³-hybridized carbons (Fsp3) is 0.370. The van der Waals surface area contributed by atoms with Crippen molar-refractivity contribution < 1.29 is 78.1 Å². The highest BCUT2D eigenvalue weighted by Crippen LogP contribution is 2.26. The molecule has 2 aromatic heterocycles. The van der Waals surface area contributed by atoms with Crippen molar-refractivity contribution in [2.45, 2.75) is 58.5 Å². The highest BCUT2D eigenvalue weighted by atomic mass is 79.9. The molecule has 0 radical (unpaired) electrons. The number of hydrogen-bond acceptors (Lipinski definition) is 7. The molecule has 0 fully saturated rings. The first-order valence-electron chi connectivity index (χ1n) is 12.2. The first kappa shape index (κ1) is 36.5. The number of rotatable bonds is 12. The number of halogens is 2. The molecule has 0 aliphatic heterocycles. The van der Waals surface area contributed by atoms with E-state index in [2.05, 4.69) is 10.3 Å². The van der Waals surface area contributed by atoms with Crippen molar-refractivity contribution in [3.8, 4) is 0 Å². The number of Topliss-reactive ketones (excluding diaryl/α,β-unsaturated/α-hetero) is 1. The smallest absolute Gasteiger partial charge is 0.343 e. The molecule has 11 nitrogen and oxygen atoms in total. The summed E-state index contributed by atoms with van der Waals surface area (Å²) < 4.78 is 3.96. The second-order valence-electron chi connectivity index (χ2n) is 9.12. The van der Waals surface area contributed by atoms with Crippen LogP contribution in [0.2, 0.25) is 0 Å². The Morgan fingerprint density at radius 2 is 1.35 bits per heavy atom. The van der Waals surface area contributed by atoms with Crippen molar-refractivity contribution in [3.63, 3.8) is 0 Å². The van der Waals surface area contributed by atoms with Crippen LogP contribution in [-0.4, -0.2) is 50.8 Å².